The lowest BCUT2D eigenvalue weighted by atomic mass is 10.0. The second-order valence-electron chi connectivity index (χ2n) is 5.70. The highest BCUT2D eigenvalue weighted by atomic mass is 19.1. The van der Waals surface area contributed by atoms with Crippen molar-refractivity contribution in [2.45, 2.75) is 39.7 Å². The lowest BCUT2D eigenvalue weighted by Crippen LogP contribution is -2.30. The molecule has 1 rings (SSSR count). The minimum atomic E-state index is -0.108. The fraction of sp³-hybridized carbons (Fsp3) is 0.647. The molecule has 0 aliphatic carbocycles. The maximum Gasteiger partial charge on any atom is 0.127 e. The van der Waals surface area contributed by atoms with Crippen molar-refractivity contribution >= 4 is 0 Å². The number of rotatable bonds is 9. The first-order valence-electron chi connectivity index (χ1n) is 7.74. The van der Waals surface area contributed by atoms with E-state index in [0.29, 0.717) is 5.92 Å². The molecule has 0 bridgehead atoms. The van der Waals surface area contributed by atoms with Gasteiger partial charge in [0.1, 0.15) is 5.82 Å². The summed E-state index contributed by atoms with van der Waals surface area (Å²) in [6.45, 7) is 9.50. The molecular weight excluding hydrogens is 251 g/mol. The molecule has 0 saturated carbocycles. The lowest BCUT2D eigenvalue weighted by Gasteiger charge is -2.24. The van der Waals surface area contributed by atoms with Crippen molar-refractivity contribution in [3.63, 3.8) is 0 Å². The molecule has 0 fully saturated rings. The summed E-state index contributed by atoms with van der Waals surface area (Å²) in [7, 11) is 2.15. The van der Waals surface area contributed by atoms with Crippen molar-refractivity contribution in [2.75, 3.05) is 26.7 Å². The SMILES string of the molecule is CCNC(CCN(C)CC(C)CC)c1ccccc1F. The second kappa shape index (κ2) is 9.09. The van der Waals surface area contributed by atoms with Gasteiger partial charge in [0.25, 0.3) is 0 Å². The Morgan fingerprint density at radius 1 is 1.25 bits per heavy atom. The molecule has 114 valence electrons. The highest BCUT2D eigenvalue weighted by Gasteiger charge is 2.15. The highest BCUT2D eigenvalue weighted by molar-refractivity contribution is 5.21. The molecule has 2 atom stereocenters. The Hall–Kier alpha value is -0.930. The van der Waals surface area contributed by atoms with Crippen LogP contribution in [0.4, 0.5) is 4.39 Å². The van der Waals surface area contributed by atoms with Gasteiger partial charge < -0.3 is 10.2 Å². The van der Waals surface area contributed by atoms with E-state index in [-0.39, 0.29) is 11.9 Å². The molecule has 0 spiro atoms. The van der Waals surface area contributed by atoms with E-state index in [1.165, 1.54) is 6.42 Å². The standard InChI is InChI=1S/C17H29FN2/c1-5-14(3)13-20(4)12-11-17(19-6-2)15-9-7-8-10-16(15)18/h7-10,14,17,19H,5-6,11-13H2,1-4H3. The Morgan fingerprint density at radius 2 is 1.95 bits per heavy atom. The van der Waals surface area contributed by atoms with Gasteiger partial charge in [-0.05, 0) is 38.5 Å². The summed E-state index contributed by atoms with van der Waals surface area (Å²) < 4.78 is 13.9. The molecule has 0 aromatic heterocycles. The van der Waals surface area contributed by atoms with Crippen molar-refractivity contribution in [1.82, 2.24) is 10.2 Å². The molecule has 0 heterocycles. The zero-order valence-electron chi connectivity index (χ0n) is 13.3. The Bertz CT molecular complexity index is 381. The van der Waals surface area contributed by atoms with Crippen LogP contribution >= 0.6 is 0 Å². The van der Waals surface area contributed by atoms with Crippen LogP contribution in [0.2, 0.25) is 0 Å². The molecule has 0 aliphatic rings. The summed E-state index contributed by atoms with van der Waals surface area (Å²) >= 11 is 0. The predicted octanol–water partition coefficient (Wildman–Crippen LogP) is 3.84. The molecule has 3 heteroatoms. The summed E-state index contributed by atoms with van der Waals surface area (Å²) in [5.74, 6) is 0.606. The van der Waals surface area contributed by atoms with E-state index in [4.69, 9.17) is 0 Å². The predicted molar refractivity (Wildman–Crippen MR) is 84.4 cm³/mol. The third-order valence-corrected chi connectivity index (χ3v) is 3.85. The quantitative estimate of drug-likeness (QED) is 0.739. The van der Waals surface area contributed by atoms with E-state index in [2.05, 4.69) is 38.0 Å². The molecule has 1 aromatic rings. The summed E-state index contributed by atoms with van der Waals surface area (Å²) in [6.07, 6.45) is 2.13. The van der Waals surface area contributed by atoms with Gasteiger partial charge in [0.15, 0.2) is 0 Å². The Labute approximate surface area is 123 Å². The van der Waals surface area contributed by atoms with E-state index in [1.807, 2.05) is 12.1 Å². The minimum absolute atomic E-state index is 0.0978. The van der Waals surface area contributed by atoms with Crippen LogP contribution in [0, 0.1) is 11.7 Å². The molecule has 20 heavy (non-hydrogen) atoms. The summed E-state index contributed by atoms with van der Waals surface area (Å²) in [4.78, 5) is 2.35. The van der Waals surface area contributed by atoms with Crippen LogP contribution in [0.5, 0.6) is 0 Å². The van der Waals surface area contributed by atoms with Gasteiger partial charge in [0, 0.05) is 18.2 Å². The minimum Gasteiger partial charge on any atom is -0.310 e. The monoisotopic (exact) mass is 280 g/mol. The van der Waals surface area contributed by atoms with Crippen molar-refractivity contribution in [3.8, 4) is 0 Å². The van der Waals surface area contributed by atoms with Crippen LogP contribution in [-0.4, -0.2) is 31.6 Å². The van der Waals surface area contributed by atoms with Gasteiger partial charge in [-0.15, -0.1) is 0 Å². The summed E-state index contributed by atoms with van der Waals surface area (Å²) in [5, 5.41) is 3.40. The third kappa shape index (κ3) is 5.59. The Morgan fingerprint density at radius 3 is 2.55 bits per heavy atom. The van der Waals surface area contributed by atoms with Crippen LogP contribution in [0.3, 0.4) is 0 Å². The first-order valence-corrected chi connectivity index (χ1v) is 7.74. The van der Waals surface area contributed by atoms with E-state index in [9.17, 15) is 4.39 Å². The van der Waals surface area contributed by atoms with Gasteiger partial charge in [-0.1, -0.05) is 45.4 Å². The average molecular weight is 280 g/mol. The fourth-order valence-electron chi connectivity index (χ4n) is 2.47. The Balaban J connectivity index is 2.58. The van der Waals surface area contributed by atoms with Crippen molar-refractivity contribution < 1.29 is 4.39 Å². The third-order valence-electron chi connectivity index (χ3n) is 3.85. The molecule has 0 amide bonds. The zero-order valence-corrected chi connectivity index (χ0v) is 13.3. The molecule has 1 aromatic carbocycles. The number of hydrogen-bond donors (Lipinski definition) is 1. The van der Waals surface area contributed by atoms with Gasteiger partial charge in [0.2, 0.25) is 0 Å². The topological polar surface area (TPSA) is 15.3 Å². The zero-order chi connectivity index (χ0) is 15.0. The number of nitrogens with zero attached hydrogens (tertiary/aromatic N) is 1. The molecular formula is C17H29FN2. The van der Waals surface area contributed by atoms with E-state index < -0.39 is 0 Å². The summed E-state index contributed by atoms with van der Waals surface area (Å²) in [6, 6.07) is 7.18. The number of hydrogen-bond acceptors (Lipinski definition) is 2. The lowest BCUT2D eigenvalue weighted by molar-refractivity contribution is 0.265. The van der Waals surface area contributed by atoms with Crippen molar-refractivity contribution in [3.05, 3.63) is 35.6 Å². The van der Waals surface area contributed by atoms with E-state index >= 15 is 0 Å². The molecule has 1 N–H and O–H groups in total. The van der Waals surface area contributed by atoms with Crippen LogP contribution in [0.15, 0.2) is 24.3 Å². The normalized spacial score (nSPS) is 14.5. The maximum atomic E-state index is 13.9. The molecule has 0 saturated heterocycles. The van der Waals surface area contributed by atoms with Crippen LogP contribution in [0.25, 0.3) is 0 Å². The van der Waals surface area contributed by atoms with E-state index in [1.54, 1.807) is 12.1 Å². The second-order valence-corrected chi connectivity index (χ2v) is 5.70. The van der Waals surface area contributed by atoms with Gasteiger partial charge in [0.05, 0.1) is 0 Å². The molecule has 2 unspecified atom stereocenters. The number of benzene rings is 1. The van der Waals surface area contributed by atoms with E-state index in [0.717, 1.165) is 31.6 Å². The van der Waals surface area contributed by atoms with Gasteiger partial charge in [-0.25, -0.2) is 4.39 Å². The number of nitrogens with one attached hydrogen (secondary N) is 1. The first-order chi connectivity index (χ1) is 9.58. The smallest absolute Gasteiger partial charge is 0.127 e. The largest absolute Gasteiger partial charge is 0.310 e. The van der Waals surface area contributed by atoms with Crippen LogP contribution in [0.1, 0.15) is 45.2 Å². The average Bonchev–Trinajstić information content (AvgIpc) is 2.44. The maximum absolute atomic E-state index is 13.9. The van der Waals surface area contributed by atoms with Crippen molar-refractivity contribution in [1.29, 1.82) is 0 Å². The molecule has 0 radical (unpaired) electrons. The Kier molecular flexibility index (Phi) is 7.78. The van der Waals surface area contributed by atoms with Crippen molar-refractivity contribution in [2.24, 2.45) is 5.92 Å². The summed E-state index contributed by atoms with van der Waals surface area (Å²) in [5.41, 5.74) is 0.784. The fourth-order valence-corrected chi connectivity index (χ4v) is 2.47. The molecule has 2 nitrogen and oxygen atoms in total. The highest BCUT2D eigenvalue weighted by Crippen LogP contribution is 2.20. The first kappa shape index (κ1) is 17.1. The van der Waals surface area contributed by atoms with Gasteiger partial charge in [-0.3, -0.25) is 0 Å². The van der Waals surface area contributed by atoms with Crippen LogP contribution < -0.4 is 5.32 Å². The molecule has 0 aliphatic heterocycles. The van der Waals surface area contributed by atoms with Gasteiger partial charge >= 0.3 is 0 Å². The van der Waals surface area contributed by atoms with Crippen LogP contribution in [-0.2, 0) is 0 Å². The van der Waals surface area contributed by atoms with Gasteiger partial charge in [-0.2, -0.15) is 0 Å². The number of halogens is 1.